The van der Waals surface area contributed by atoms with Crippen molar-refractivity contribution in [3.63, 3.8) is 0 Å². The highest BCUT2D eigenvalue weighted by atomic mass is 16.7. The zero-order valence-corrected chi connectivity index (χ0v) is 13.0. The molecular weight excluding hydrogens is 257 g/mol. The minimum Gasteiger partial charge on any atom is -0.488 e. The van der Waals surface area contributed by atoms with Crippen molar-refractivity contribution in [3.8, 4) is 5.75 Å². The fourth-order valence-electron chi connectivity index (χ4n) is 2.07. The van der Waals surface area contributed by atoms with Crippen LogP contribution in [0.3, 0.4) is 0 Å². The van der Waals surface area contributed by atoms with E-state index in [-0.39, 0.29) is 5.56 Å². The number of pyridine rings is 1. The van der Waals surface area contributed by atoms with Gasteiger partial charge in [-0.15, -0.1) is 0 Å². The quantitative estimate of drug-likeness (QED) is 0.777. The van der Waals surface area contributed by atoms with Gasteiger partial charge in [0.05, 0.1) is 17.8 Å². The maximum atomic E-state index is 11.9. The molecule has 0 saturated carbocycles. The van der Waals surface area contributed by atoms with Gasteiger partial charge in [-0.25, -0.2) is 0 Å². The van der Waals surface area contributed by atoms with Crippen LogP contribution in [-0.2, 0) is 16.4 Å². The topological polar surface area (TPSA) is 49.7 Å². The monoisotopic (exact) mass is 279 g/mol. The second-order valence-corrected chi connectivity index (χ2v) is 6.08. The van der Waals surface area contributed by atoms with E-state index in [0.29, 0.717) is 12.4 Å². The smallest absolute Gasteiger partial charge is 0.488 e. The number of aromatic nitrogens is 1. The number of hydrogen-bond acceptors (Lipinski definition) is 4. The summed E-state index contributed by atoms with van der Waals surface area (Å²) in [6.45, 7) is 10.3. The van der Waals surface area contributed by atoms with Crippen LogP contribution in [0.5, 0.6) is 5.75 Å². The van der Waals surface area contributed by atoms with Crippen LogP contribution in [0.25, 0.3) is 0 Å². The van der Waals surface area contributed by atoms with Crippen molar-refractivity contribution in [2.45, 2.75) is 45.8 Å². The molecular formula is C14H22BNO4. The molecule has 1 aliphatic rings. The van der Waals surface area contributed by atoms with E-state index in [0.717, 1.165) is 5.46 Å². The standard InChI is InChI=1S/C14H22BNO4/c1-7-18-11-8-10(9-16(6)12(11)17)15-19-13(2,3)14(4,5)20-15/h8-9H,7H2,1-6H3. The van der Waals surface area contributed by atoms with Crippen molar-refractivity contribution < 1.29 is 14.0 Å². The van der Waals surface area contributed by atoms with Gasteiger partial charge in [-0.2, -0.15) is 0 Å². The summed E-state index contributed by atoms with van der Waals surface area (Å²) in [6.07, 6.45) is 1.73. The first-order chi connectivity index (χ1) is 9.18. The van der Waals surface area contributed by atoms with E-state index < -0.39 is 18.3 Å². The second-order valence-electron chi connectivity index (χ2n) is 6.08. The lowest BCUT2D eigenvalue weighted by molar-refractivity contribution is 0.00578. The van der Waals surface area contributed by atoms with Crippen molar-refractivity contribution in [1.82, 2.24) is 4.57 Å². The zero-order valence-electron chi connectivity index (χ0n) is 13.0. The summed E-state index contributed by atoms with van der Waals surface area (Å²) < 4.78 is 18.8. The largest absolute Gasteiger partial charge is 0.496 e. The third kappa shape index (κ3) is 2.50. The Labute approximate surface area is 120 Å². The second kappa shape index (κ2) is 4.93. The fourth-order valence-corrected chi connectivity index (χ4v) is 2.07. The predicted molar refractivity (Wildman–Crippen MR) is 78.6 cm³/mol. The fraction of sp³-hybridized carbons (Fsp3) is 0.643. The summed E-state index contributed by atoms with van der Waals surface area (Å²) in [5, 5.41) is 0. The molecule has 1 saturated heterocycles. The summed E-state index contributed by atoms with van der Waals surface area (Å²) in [5.74, 6) is 0.321. The molecule has 110 valence electrons. The first-order valence-corrected chi connectivity index (χ1v) is 6.87. The molecule has 0 atom stereocenters. The average Bonchev–Trinajstić information content (AvgIpc) is 2.54. The van der Waals surface area contributed by atoms with Crippen LogP contribution in [0.1, 0.15) is 34.6 Å². The van der Waals surface area contributed by atoms with Crippen molar-refractivity contribution in [2.75, 3.05) is 6.61 Å². The van der Waals surface area contributed by atoms with E-state index in [9.17, 15) is 4.79 Å². The molecule has 0 spiro atoms. The summed E-state index contributed by atoms with van der Waals surface area (Å²) in [6, 6.07) is 1.70. The first-order valence-electron chi connectivity index (χ1n) is 6.87. The van der Waals surface area contributed by atoms with Crippen LogP contribution in [0.2, 0.25) is 0 Å². The maximum Gasteiger partial charge on any atom is 0.496 e. The lowest BCUT2D eigenvalue weighted by Gasteiger charge is -2.32. The minimum atomic E-state index is -0.494. The lowest BCUT2D eigenvalue weighted by Crippen LogP contribution is -2.41. The van der Waals surface area contributed by atoms with E-state index >= 15 is 0 Å². The van der Waals surface area contributed by atoms with Crippen LogP contribution in [-0.4, -0.2) is 29.5 Å². The Balaban J connectivity index is 2.38. The maximum absolute atomic E-state index is 11.9. The molecule has 6 heteroatoms. The molecule has 1 aromatic rings. The molecule has 0 bridgehead atoms. The average molecular weight is 279 g/mol. The summed E-state index contributed by atoms with van der Waals surface area (Å²) in [7, 11) is 1.20. The molecule has 0 unspecified atom stereocenters. The molecule has 0 amide bonds. The van der Waals surface area contributed by atoms with Gasteiger partial charge < -0.3 is 18.6 Å². The van der Waals surface area contributed by atoms with Gasteiger partial charge in [0.25, 0.3) is 5.56 Å². The Bertz CT molecular complexity index is 549. The zero-order chi connectivity index (χ0) is 15.1. The summed E-state index contributed by atoms with van der Waals surface area (Å²) in [4.78, 5) is 11.9. The van der Waals surface area contributed by atoms with Gasteiger partial charge in [0.2, 0.25) is 0 Å². The molecule has 1 fully saturated rings. The van der Waals surface area contributed by atoms with Gasteiger partial charge >= 0.3 is 7.12 Å². The van der Waals surface area contributed by atoms with Gasteiger partial charge in [0, 0.05) is 18.7 Å². The Hall–Kier alpha value is -1.27. The van der Waals surface area contributed by atoms with Gasteiger partial charge in [-0.3, -0.25) is 4.79 Å². The number of ether oxygens (including phenoxy) is 1. The number of nitrogens with zero attached hydrogens (tertiary/aromatic N) is 1. The molecule has 0 N–H and O–H groups in total. The van der Waals surface area contributed by atoms with Crippen LogP contribution < -0.4 is 15.8 Å². The van der Waals surface area contributed by atoms with Crippen LogP contribution in [0.15, 0.2) is 17.1 Å². The van der Waals surface area contributed by atoms with E-state index in [1.165, 1.54) is 4.57 Å². The van der Waals surface area contributed by atoms with Crippen molar-refractivity contribution in [3.05, 3.63) is 22.6 Å². The molecule has 0 aliphatic carbocycles. The predicted octanol–water partition coefficient (Wildman–Crippen LogP) is 1.08. The third-order valence-electron chi connectivity index (χ3n) is 4.00. The van der Waals surface area contributed by atoms with Crippen molar-refractivity contribution >= 4 is 12.6 Å². The Morgan fingerprint density at radius 3 is 2.30 bits per heavy atom. The van der Waals surface area contributed by atoms with Gasteiger partial charge in [-0.05, 0) is 40.7 Å². The molecule has 20 heavy (non-hydrogen) atoms. The first kappa shape index (κ1) is 15.1. The highest BCUT2D eigenvalue weighted by Gasteiger charge is 2.51. The van der Waals surface area contributed by atoms with Crippen LogP contribution in [0, 0.1) is 0 Å². The number of hydrogen-bond donors (Lipinski definition) is 0. The molecule has 1 aromatic heterocycles. The molecule has 0 aromatic carbocycles. The van der Waals surface area contributed by atoms with Crippen molar-refractivity contribution in [2.24, 2.45) is 7.05 Å². The molecule has 1 aliphatic heterocycles. The minimum absolute atomic E-state index is 0.160. The van der Waals surface area contributed by atoms with E-state index in [1.807, 2.05) is 34.6 Å². The lowest BCUT2D eigenvalue weighted by atomic mass is 9.80. The Kier molecular flexibility index (Phi) is 3.73. The SMILES string of the molecule is CCOc1cc(B2OC(C)(C)C(C)(C)O2)cn(C)c1=O. The molecule has 0 radical (unpaired) electrons. The Morgan fingerprint density at radius 2 is 1.80 bits per heavy atom. The summed E-state index contributed by atoms with van der Waals surface area (Å²) >= 11 is 0. The molecule has 2 rings (SSSR count). The Morgan fingerprint density at radius 1 is 1.25 bits per heavy atom. The molecule has 5 nitrogen and oxygen atoms in total. The molecule has 2 heterocycles. The third-order valence-corrected chi connectivity index (χ3v) is 4.00. The number of rotatable bonds is 3. The number of aryl methyl sites for hydroxylation is 1. The highest BCUT2D eigenvalue weighted by molar-refractivity contribution is 6.62. The van der Waals surface area contributed by atoms with E-state index in [1.54, 1.807) is 19.3 Å². The van der Waals surface area contributed by atoms with Crippen LogP contribution >= 0.6 is 0 Å². The van der Waals surface area contributed by atoms with Gasteiger partial charge in [0.1, 0.15) is 0 Å². The normalized spacial score (nSPS) is 20.2. The van der Waals surface area contributed by atoms with E-state index in [2.05, 4.69) is 0 Å². The van der Waals surface area contributed by atoms with Gasteiger partial charge in [-0.1, -0.05) is 0 Å². The van der Waals surface area contributed by atoms with Gasteiger partial charge in [0.15, 0.2) is 5.75 Å². The van der Waals surface area contributed by atoms with Crippen molar-refractivity contribution in [1.29, 1.82) is 0 Å². The van der Waals surface area contributed by atoms with Crippen LogP contribution in [0.4, 0.5) is 0 Å². The summed E-state index contributed by atoms with van der Waals surface area (Å²) in [5.41, 5.74) is -0.183. The highest BCUT2D eigenvalue weighted by Crippen LogP contribution is 2.36. The van der Waals surface area contributed by atoms with E-state index in [4.69, 9.17) is 14.0 Å².